The molecule has 0 bridgehead atoms. The van der Waals surface area contributed by atoms with Crippen LogP contribution in [0.4, 0.5) is 5.82 Å². The van der Waals surface area contributed by atoms with Crippen molar-refractivity contribution in [2.75, 3.05) is 18.0 Å². The average molecular weight is 249 g/mol. The second-order valence-corrected chi connectivity index (χ2v) is 5.10. The van der Waals surface area contributed by atoms with Gasteiger partial charge in [-0.15, -0.1) is 0 Å². The molecule has 1 saturated heterocycles. The van der Waals surface area contributed by atoms with Crippen molar-refractivity contribution >= 4 is 23.0 Å². The number of nitrogens with zero attached hydrogens (tertiary/aromatic N) is 2. The fourth-order valence-electron chi connectivity index (χ4n) is 2.43. The van der Waals surface area contributed by atoms with E-state index >= 15 is 0 Å². The molecule has 1 aromatic heterocycles. The summed E-state index contributed by atoms with van der Waals surface area (Å²) in [7, 11) is 0. The Morgan fingerprint density at radius 1 is 1.65 bits per heavy atom. The van der Waals surface area contributed by atoms with Crippen LogP contribution in [0.15, 0.2) is 18.3 Å². The summed E-state index contributed by atoms with van der Waals surface area (Å²) in [5.41, 5.74) is 6.55. The maximum absolute atomic E-state index is 5.64. The summed E-state index contributed by atoms with van der Waals surface area (Å²) in [6, 6.07) is 3.86. The molecule has 0 radical (unpaired) electrons. The van der Waals surface area contributed by atoms with Crippen molar-refractivity contribution in [1.29, 1.82) is 0 Å². The lowest BCUT2D eigenvalue weighted by molar-refractivity contribution is 0.529. The first-order chi connectivity index (χ1) is 8.20. The topological polar surface area (TPSA) is 42.1 Å². The molecule has 0 aromatic carbocycles. The van der Waals surface area contributed by atoms with E-state index in [1.165, 1.54) is 19.3 Å². The van der Waals surface area contributed by atoms with Crippen LogP contribution >= 0.6 is 12.2 Å². The van der Waals surface area contributed by atoms with E-state index in [4.69, 9.17) is 18.0 Å². The normalized spacial score (nSPS) is 19.6. The zero-order valence-electron chi connectivity index (χ0n) is 10.2. The van der Waals surface area contributed by atoms with Crippen molar-refractivity contribution in [3.8, 4) is 0 Å². The zero-order valence-corrected chi connectivity index (χ0v) is 11.0. The van der Waals surface area contributed by atoms with Crippen LogP contribution in [0.3, 0.4) is 0 Å². The fraction of sp³-hybridized carbons (Fsp3) is 0.538. The predicted octanol–water partition coefficient (Wildman–Crippen LogP) is 2.34. The molecule has 92 valence electrons. The highest BCUT2D eigenvalue weighted by atomic mass is 32.1. The Morgan fingerprint density at radius 2 is 2.47 bits per heavy atom. The molecule has 17 heavy (non-hydrogen) atoms. The van der Waals surface area contributed by atoms with Gasteiger partial charge in [-0.3, -0.25) is 0 Å². The van der Waals surface area contributed by atoms with Crippen molar-refractivity contribution in [2.45, 2.75) is 26.2 Å². The van der Waals surface area contributed by atoms with Crippen molar-refractivity contribution < 1.29 is 0 Å². The van der Waals surface area contributed by atoms with Gasteiger partial charge in [0.05, 0.1) is 0 Å². The maximum Gasteiger partial charge on any atom is 0.129 e. The first kappa shape index (κ1) is 12.3. The molecule has 0 amide bonds. The number of thiocarbonyl (C=S) groups is 1. The molecule has 3 nitrogen and oxygen atoms in total. The Hall–Kier alpha value is -1.16. The molecule has 4 heteroatoms. The van der Waals surface area contributed by atoms with Gasteiger partial charge in [0.2, 0.25) is 0 Å². The van der Waals surface area contributed by atoms with Crippen LogP contribution in [0.5, 0.6) is 0 Å². The second-order valence-electron chi connectivity index (χ2n) is 4.66. The van der Waals surface area contributed by atoms with Gasteiger partial charge in [-0.05, 0) is 30.9 Å². The van der Waals surface area contributed by atoms with Gasteiger partial charge in [0.1, 0.15) is 10.8 Å². The Kier molecular flexibility index (Phi) is 3.94. The molecule has 1 unspecified atom stereocenters. The number of nitrogens with two attached hydrogens (primary N) is 1. The summed E-state index contributed by atoms with van der Waals surface area (Å²) < 4.78 is 0. The standard InChI is InChI=1S/C13H19N3S/c1-2-3-10-5-7-16(9-10)12-8-11(13(14)17)4-6-15-12/h4,6,8,10H,2-3,5,7,9H2,1H3,(H2,14,17). The SMILES string of the molecule is CCCC1CCN(c2cc(C(N)=S)ccn2)C1. The van der Waals surface area contributed by atoms with E-state index in [2.05, 4.69) is 16.8 Å². The number of rotatable bonds is 4. The van der Waals surface area contributed by atoms with Crippen LogP contribution in [0.2, 0.25) is 0 Å². The molecule has 2 rings (SSSR count). The van der Waals surface area contributed by atoms with Crippen LogP contribution in [0.25, 0.3) is 0 Å². The molecule has 2 heterocycles. The lowest BCUT2D eigenvalue weighted by atomic mass is 10.0. The number of anilines is 1. The van der Waals surface area contributed by atoms with Gasteiger partial charge in [0, 0.05) is 24.8 Å². The molecule has 0 saturated carbocycles. The summed E-state index contributed by atoms with van der Waals surface area (Å²) in [6.07, 6.45) is 5.63. The summed E-state index contributed by atoms with van der Waals surface area (Å²) in [5, 5.41) is 0. The van der Waals surface area contributed by atoms with Gasteiger partial charge in [0.15, 0.2) is 0 Å². The minimum atomic E-state index is 0.443. The third-order valence-electron chi connectivity index (χ3n) is 3.34. The Balaban J connectivity index is 2.08. The fourth-order valence-corrected chi connectivity index (χ4v) is 2.56. The van der Waals surface area contributed by atoms with Gasteiger partial charge in [-0.25, -0.2) is 4.98 Å². The number of pyridine rings is 1. The summed E-state index contributed by atoms with van der Waals surface area (Å²) in [5.74, 6) is 1.82. The van der Waals surface area contributed by atoms with Crippen LogP contribution in [-0.4, -0.2) is 23.1 Å². The maximum atomic E-state index is 5.64. The predicted molar refractivity (Wildman–Crippen MR) is 75.4 cm³/mol. The Bertz CT molecular complexity index is 405. The molecule has 1 fully saturated rings. The van der Waals surface area contributed by atoms with Gasteiger partial charge in [0.25, 0.3) is 0 Å². The van der Waals surface area contributed by atoms with Crippen LogP contribution < -0.4 is 10.6 Å². The minimum absolute atomic E-state index is 0.443. The third-order valence-corrected chi connectivity index (χ3v) is 3.57. The van der Waals surface area contributed by atoms with Crippen LogP contribution in [-0.2, 0) is 0 Å². The van der Waals surface area contributed by atoms with Gasteiger partial charge >= 0.3 is 0 Å². The van der Waals surface area contributed by atoms with E-state index in [-0.39, 0.29) is 0 Å². The lowest BCUT2D eigenvalue weighted by Crippen LogP contribution is -2.21. The van der Waals surface area contributed by atoms with Crippen molar-refractivity contribution in [2.24, 2.45) is 11.7 Å². The summed E-state index contributed by atoms with van der Waals surface area (Å²) in [6.45, 7) is 4.45. The summed E-state index contributed by atoms with van der Waals surface area (Å²) in [4.78, 5) is 7.19. The molecular formula is C13H19N3S. The minimum Gasteiger partial charge on any atom is -0.389 e. The highest BCUT2D eigenvalue weighted by molar-refractivity contribution is 7.80. The van der Waals surface area contributed by atoms with Crippen molar-refractivity contribution in [3.63, 3.8) is 0 Å². The van der Waals surface area contributed by atoms with E-state index < -0.39 is 0 Å². The van der Waals surface area contributed by atoms with Gasteiger partial charge in [-0.2, -0.15) is 0 Å². The van der Waals surface area contributed by atoms with E-state index in [0.29, 0.717) is 4.99 Å². The lowest BCUT2D eigenvalue weighted by Gasteiger charge is -2.18. The highest BCUT2D eigenvalue weighted by Gasteiger charge is 2.22. The first-order valence-electron chi connectivity index (χ1n) is 6.21. The smallest absolute Gasteiger partial charge is 0.129 e. The molecular weight excluding hydrogens is 230 g/mol. The van der Waals surface area contributed by atoms with E-state index in [9.17, 15) is 0 Å². The summed E-state index contributed by atoms with van der Waals surface area (Å²) >= 11 is 4.99. The largest absolute Gasteiger partial charge is 0.389 e. The molecule has 1 aliphatic rings. The number of aromatic nitrogens is 1. The Labute approximate surface area is 108 Å². The number of hydrogen-bond donors (Lipinski definition) is 1. The van der Waals surface area contributed by atoms with Crippen LogP contribution in [0, 0.1) is 5.92 Å². The molecule has 1 aliphatic heterocycles. The van der Waals surface area contributed by atoms with E-state index in [1.807, 2.05) is 12.1 Å². The first-order valence-corrected chi connectivity index (χ1v) is 6.62. The highest BCUT2D eigenvalue weighted by Crippen LogP contribution is 2.25. The molecule has 0 aliphatic carbocycles. The van der Waals surface area contributed by atoms with Crippen molar-refractivity contribution in [3.05, 3.63) is 23.9 Å². The van der Waals surface area contributed by atoms with Gasteiger partial charge < -0.3 is 10.6 Å². The second kappa shape index (κ2) is 5.45. The van der Waals surface area contributed by atoms with Crippen molar-refractivity contribution in [1.82, 2.24) is 4.98 Å². The number of hydrogen-bond acceptors (Lipinski definition) is 3. The molecule has 0 spiro atoms. The quantitative estimate of drug-likeness (QED) is 0.832. The van der Waals surface area contributed by atoms with E-state index in [0.717, 1.165) is 30.4 Å². The van der Waals surface area contributed by atoms with Gasteiger partial charge in [-0.1, -0.05) is 25.6 Å². The Morgan fingerprint density at radius 3 is 3.18 bits per heavy atom. The monoisotopic (exact) mass is 249 g/mol. The van der Waals surface area contributed by atoms with E-state index in [1.54, 1.807) is 6.20 Å². The molecule has 1 atom stereocenters. The molecule has 1 aromatic rings. The zero-order chi connectivity index (χ0) is 12.3. The average Bonchev–Trinajstić information content (AvgIpc) is 2.78. The molecule has 2 N–H and O–H groups in total. The third kappa shape index (κ3) is 2.94. The van der Waals surface area contributed by atoms with Crippen LogP contribution in [0.1, 0.15) is 31.7 Å².